The normalized spacial score (nSPS) is 10.8. The van der Waals surface area contributed by atoms with Crippen LogP contribution in [0.3, 0.4) is 0 Å². The summed E-state index contributed by atoms with van der Waals surface area (Å²) >= 11 is 11.7. The van der Waals surface area contributed by atoms with E-state index < -0.39 is 5.91 Å². The number of halogens is 2. The minimum Gasteiger partial charge on any atom is -0.496 e. The number of anilines is 1. The Labute approximate surface area is 143 Å². The number of benzene rings is 2. The van der Waals surface area contributed by atoms with Gasteiger partial charge in [0.15, 0.2) is 0 Å². The summed E-state index contributed by atoms with van der Waals surface area (Å²) < 4.78 is 5.20. The first-order valence-electron chi connectivity index (χ1n) is 6.55. The number of hydrogen-bond donors (Lipinski definition) is 1. The van der Waals surface area contributed by atoms with Crippen molar-refractivity contribution in [1.29, 1.82) is 5.26 Å². The highest BCUT2D eigenvalue weighted by Gasteiger charge is 2.11. The molecule has 1 amide bonds. The molecule has 1 N–H and O–H groups in total. The third-order valence-electron chi connectivity index (χ3n) is 2.96. The summed E-state index contributed by atoms with van der Waals surface area (Å²) in [5.74, 6) is -0.0155. The predicted octanol–water partition coefficient (Wildman–Crippen LogP) is 4.55. The van der Waals surface area contributed by atoms with Crippen molar-refractivity contribution in [2.45, 2.75) is 0 Å². The number of carbonyl (C=O) groups is 1. The maximum Gasteiger partial charge on any atom is 0.266 e. The van der Waals surface area contributed by atoms with Crippen LogP contribution in [0.25, 0.3) is 6.08 Å². The monoisotopic (exact) mass is 346 g/mol. The number of rotatable bonds is 4. The molecular formula is C17H12Cl2N2O2. The third kappa shape index (κ3) is 4.49. The van der Waals surface area contributed by atoms with Crippen LogP contribution in [0.5, 0.6) is 5.75 Å². The molecule has 0 saturated carbocycles. The van der Waals surface area contributed by atoms with E-state index in [0.717, 1.165) is 0 Å². The van der Waals surface area contributed by atoms with Crippen molar-refractivity contribution in [3.05, 3.63) is 63.6 Å². The molecule has 2 aromatic carbocycles. The van der Waals surface area contributed by atoms with Crippen LogP contribution >= 0.6 is 23.2 Å². The Morgan fingerprint density at radius 1 is 1.17 bits per heavy atom. The molecule has 6 heteroatoms. The first kappa shape index (κ1) is 16.9. The highest BCUT2D eigenvalue weighted by atomic mass is 35.5. The van der Waals surface area contributed by atoms with Crippen LogP contribution in [0, 0.1) is 11.3 Å². The van der Waals surface area contributed by atoms with Gasteiger partial charge in [-0.1, -0.05) is 23.2 Å². The Bertz CT molecular complexity index is 793. The second kappa shape index (κ2) is 7.68. The summed E-state index contributed by atoms with van der Waals surface area (Å²) in [6, 6.07) is 13.4. The van der Waals surface area contributed by atoms with Crippen LogP contribution in [0.15, 0.2) is 48.0 Å². The first-order valence-corrected chi connectivity index (χ1v) is 7.31. The molecule has 0 heterocycles. The van der Waals surface area contributed by atoms with Crippen LogP contribution in [-0.4, -0.2) is 13.0 Å². The molecule has 0 saturated heterocycles. The highest BCUT2D eigenvalue weighted by molar-refractivity contribution is 6.31. The molecule has 0 fully saturated rings. The zero-order valence-corrected chi connectivity index (χ0v) is 13.7. The van der Waals surface area contributed by atoms with Gasteiger partial charge in [0.25, 0.3) is 5.91 Å². The smallest absolute Gasteiger partial charge is 0.266 e. The summed E-state index contributed by atoms with van der Waals surface area (Å²) in [5, 5.41) is 12.9. The largest absolute Gasteiger partial charge is 0.496 e. The lowest BCUT2D eigenvalue weighted by Gasteiger charge is -2.07. The van der Waals surface area contributed by atoms with Crippen molar-refractivity contribution in [3.8, 4) is 11.8 Å². The van der Waals surface area contributed by atoms with E-state index in [4.69, 9.17) is 27.9 Å². The number of hydrogen-bond acceptors (Lipinski definition) is 3. The summed E-state index contributed by atoms with van der Waals surface area (Å²) in [5.41, 5.74) is 1.02. The number of amides is 1. The molecule has 23 heavy (non-hydrogen) atoms. The Morgan fingerprint density at radius 2 is 1.83 bits per heavy atom. The summed E-state index contributed by atoms with van der Waals surface area (Å²) in [7, 11) is 1.50. The van der Waals surface area contributed by atoms with Crippen molar-refractivity contribution >= 4 is 40.9 Å². The topological polar surface area (TPSA) is 62.1 Å². The molecule has 0 aliphatic rings. The lowest BCUT2D eigenvalue weighted by atomic mass is 10.1. The molecule has 116 valence electrons. The molecule has 2 aromatic rings. The summed E-state index contributed by atoms with van der Waals surface area (Å²) in [4.78, 5) is 12.2. The maximum absolute atomic E-state index is 12.2. The van der Waals surface area contributed by atoms with Crippen LogP contribution in [0.2, 0.25) is 10.0 Å². The van der Waals surface area contributed by atoms with E-state index in [1.807, 2.05) is 6.07 Å². The average Bonchev–Trinajstić information content (AvgIpc) is 2.54. The minimum atomic E-state index is -0.531. The molecule has 0 atom stereocenters. The first-order chi connectivity index (χ1) is 11.0. The number of nitrogens with zero attached hydrogens (tertiary/aromatic N) is 1. The van der Waals surface area contributed by atoms with Crippen molar-refractivity contribution < 1.29 is 9.53 Å². The van der Waals surface area contributed by atoms with Gasteiger partial charge in [-0.2, -0.15) is 5.26 Å². The van der Waals surface area contributed by atoms with Gasteiger partial charge < -0.3 is 10.1 Å². The Morgan fingerprint density at radius 3 is 2.43 bits per heavy atom. The van der Waals surface area contributed by atoms with E-state index >= 15 is 0 Å². The van der Waals surface area contributed by atoms with Crippen molar-refractivity contribution in [1.82, 2.24) is 0 Å². The fourth-order valence-corrected chi connectivity index (χ4v) is 2.16. The lowest BCUT2D eigenvalue weighted by molar-refractivity contribution is -0.112. The quantitative estimate of drug-likeness (QED) is 0.652. The van der Waals surface area contributed by atoms with Crippen LogP contribution in [-0.2, 0) is 4.79 Å². The number of ether oxygens (including phenoxy) is 1. The fraction of sp³-hybridized carbons (Fsp3) is 0.0588. The van der Waals surface area contributed by atoms with E-state index in [-0.39, 0.29) is 5.57 Å². The van der Waals surface area contributed by atoms with E-state index in [0.29, 0.717) is 27.0 Å². The molecule has 0 aromatic heterocycles. The predicted molar refractivity (Wildman–Crippen MR) is 91.7 cm³/mol. The highest BCUT2D eigenvalue weighted by Crippen LogP contribution is 2.25. The molecule has 0 bridgehead atoms. The average molecular weight is 347 g/mol. The molecule has 2 rings (SSSR count). The van der Waals surface area contributed by atoms with Gasteiger partial charge in [0.1, 0.15) is 17.4 Å². The van der Waals surface area contributed by atoms with Gasteiger partial charge in [-0.15, -0.1) is 0 Å². The molecule has 0 aliphatic carbocycles. The molecule has 0 spiro atoms. The Hall–Kier alpha value is -2.48. The second-order valence-corrected chi connectivity index (χ2v) is 5.39. The van der Waals surface area contributed by atoms with Crippen LogP contribution < -0.4 is 10.1 Å². The second-order valence-electron chi connectivity index (χ2n) is 4.52. The van der Waals surface area contributed by atoms with Crippen molar-refractivity contribution in [3.63, 3.8) is 0 Å². The van der Waals surface area contributed by atoms with Crippen molar-refractivity contribution in [2.24, 2.45) is 0 Å². The number of methoxy groups -OCH3 is 1. The van der Waals surface area contributed by atoms with E-state index in [1.165, 1.54) is 13.2 Å². The summed E-state index contributed by atoms with van der Waals surface area (Å²) in [6.45, 7) is 0. The van der Waals surface area contributed by atoms with Crippen LogP contribution in [0.1, 0.15) is 5.56 Å². The zero-order chi connectivity index (χ0) is 16.8. The van der Waals surface area contributed by atoms with Gasteiger partial charge in [-0.3, -0.25) is 4.79 Å². The van der Waals surface area contributed by atoms with E-state index in [9.17, 15) is 10.1 Å². The van der Waals surface area contributed by atoms with Gasteiger partial charge in [0.05, 0.1) is 7.11 Å². The number of carbonyl (C=O) groups excluding carboxylic acids is 1. The Kier molecular flexibility index (Phi) is 5.64. The molecule has 0 radical (unpaired) electrons. The van der Waals surface area contributed by atoms with E-state index in [1.54, 1.807) is 42.5 Å². The molecular weight excluding hydrogens is 335 g/mol. The van der Waals surface area contributed by atoms with Crippen molar-refractivity contribution in [2.75, 3.05) is 12.4 Å². The third-order valence-corrected chi connectivity index (χ3v) is 3.45. The standard InChI is InChI=1S/C17H12Cl2N2O2/c1-23-16-7-4-14(19)9-11(16)8-12(10-20)17(22)21-15-5-2-13(18)3-6-15/h2-9H,1H3,(H,21,22)/b12-8-. The van der Waals surface area contributed by atoms with Crippen LogP contribution in [0.4, 0.5) is 5.69 Å². The number of nitriles is 1. The summed E-state index contributed by atoms with van der Waals surface area (Å²) in [6.07, 6.45) is 1.43. The van der Waals surface area contributed by atoms with E-state index in [2.05, 4.69) is 5.32 Å². The minimum absolute atomic E-state index is 0.0690. The fourth-order valence-electron chi connectivity index (χ4n) is 1.85. The SMILES string of the molecule is COc1ccc(Cl)cc1/C=C(/C#N)C(=O)Nc1ccc(Cl)cc1. The maximum atomic E-state index is 12.2. The zero-order valence-electron chi connectivity index (χ0n) is 12.1. The molecule has 4 nitrogen and oxygen atoms in total. The van der Waals surface area contributed by atoms with Gasteiger partial charge in [0, 0.05) is 21.3 Å². The van der Waals surface area contributed by atoms with Gasteiger partial charge >= 0.3 is 0 Å². The molecule has 0 aliphatic heterocycles. The molecule has 0 unspecified atom stereocenters. The van der Waals surface area contributed by atoms with Gasteiger partial charge in [0.2, 0.25) is 0 Å². The Balaban J connectivity index is 2.28. The van der Waals surface area contributed by atoms with Gasteiger partial charge in [-0.25, -0.2) is 0 Å². The van der Waals surface area contributed by atoms with Gasteiger partial charge in [-0.05, 0) is 48.5 Å². The number of nitrogens with one attached hydrogen (secondary N) is 1. The lowest BCUT2D eigenvalue weighted by Crippen LogP contribution is -2.13.